The van der Waals surface area contributed by atoms with Crippen molar-refractivity contribution < 1.29 is 14.4 Å². The lowest BCUT2D eigenvalue weighted by Crippen LogP contribution is -2.51. The highest BCUT2D eigenvalue weighted by Gasteiger charge is 2.32. The van der Waals surface area contributed by atoms with Crippen molar-refractivity contribution in [3.8, 4) is 0 Å². The predicted molar refractivity (Wildman–Crippen MR) is 80.1 cm³/mol. The Hall–Kier alpha value is -1.63. The molecule has 1 unspecified atom stereocenters. The van der Waals surface area contributed by atoms with Crippen LogP contribution in [-0.2, 0) is 9.59 Å². The van der Waals surface area contributed by atoms with Crippen molar-refractivity contribution in [3.63, 3.8) is 0 Å². The molecule has 0 aliphatic carbocycles. The van der Waals surface area contributed by atoms with E-state index in [-0.39, 0.29) is 30.4 Å². The number of hydrogen-bond donors (Lipinski definition) is 1. The molecule has 4 amide bonds. The van der Waals surface area contributed by atoms with Crippen LogP contribution in [0.5, 0.6) is 0 Å². The van der Waals surface area contributed by atoms with E-state index < -0.39 is 0 Å². The maximum Gasteiger partial charge on any atom is 0.324 e. The van der Waals surface area contributed by atoms with Crippen molar-refractivity contribution in [2.24, 2.45) is 0 Å². The van der Waals surface area contributed by atoms with Crippen LogP contribution in [0.4, 0.5) is 4.79 Å². The fraction of sp³-hybridized carbons (Fsp3) is 0.800. The number of likely N-dealkylation sites (tertiary alicyclic amines) is 2. The molecule has 0 aromatic rings. The van der Waals surface area contributed by atoms with Gasteiger partial charge in [-0.25, -0.2) is 4.79 Å². The molecule has 7 heteroatoms. The normalized spacial score (nSPS) is 26.6. The van der Waals surface area contributed by atoms with Gasteiger partial charge in [0.05, 0.1) is 6.54 Å². The molecule has 3 rings (SSSR count). The Morgan fingerprint density at radius 3 is 2.68 bits per heavy atom. The number of amides is 4. The topological polar surface area (TPSA) is 73.0 Å². The SMILES string of the molecule is O=C1CCCN1CC1CCCCN1CC(=O)N1CCNC1=O. The van der Waals surface area contributed by atoms with Crippen LogP contribution in [0.25, 0.3) is 0 Å². The Balaban J connectivity index is 1.58. The number of piperidine rings is 1. The van der Waals surface area contributed by atoms with Crippen LogP contribution in [0.3, 0.4) is 0 Å². The fourth-order valence-electron chi connectivity index (χ4n) is 3.60. The van der Waals surface area contributed by atoms with E-state index in [4.69, 9.17) is 0 Å². The predicted octanol–water partition coefficient (Wildman–Crippen LogP) is 0.0151. The minimum atomic E-state index is -0.284. The number of carbonyl (C=O) groups is 3. The highest BCUT2D eigenvalue weighted by Crippen LogP contribution is 2.20. The van der Waals surface area contributed by atoms with Gasteiger partial charge in [-0.1, -0.05) is 6.42 Å². The summed E-state index contributed by atoms with van der Waals surface area (Å²) < 4.78 is 0. The van der Waals surface area contributed by atoms with E-state index in [1.165, 1.54) is 4.90 Å². The molecular weight excluding hydrogens is 284 g/mol. The van der Waals surface area contributed by atoms with E-state index >= 15 is 0 Å². The molecule has 7 nitrogen and oxygen atoms in total. The quantitative estimate of drug-likeness (QED) is 0.794. The van der Waals surface area contributed by atoms with Gasteiger partial charge in [0.2, 0.25) is 11.8 Å². The molecule has 0 bridgehead atoms. The van der Waals surface area contributed by atoms with Gasteiger partial charge in [0.25, 0.3) is 0 Å². The van der Waals surface area contributed by atoms with Gasteiger partial charge in [-0.2, -0.15) is 0 Å². The van der Waals surface area contributed by atoms with E-state index in [2.05, 4.69) is 10.2 Å². The van der Waals surface area contributed by atoms with Crippen molar-refractivity contribution in [1.29, 1.82) is 0 Å². The van der Waals surface area contributed by atoms with E-state index in [1.54, 1.807) is 0 Å². The number of rotatable bonds is 4. The summed E-state index contributed by atoms with van der Waals surface area (Å²) in [6.07, 6.45) is 4.83. The molecule has 3 heterocycles. The number of carbonyl (C=O) groups excluding carboxylic acids is 3. The van der Waals surface area contributed by atoms with Gasteiger partial charge in [0, 0.05) is 38.6 Å². The maximum absolute atomic E-state index is 12.3. The molecule has 0 radical (unpaired) electrons. The van der Waals surface area contributed by atoms with Crippen molar-refractivity contribution in [1.82, 2.24) is 20.0 Å². The average molecular weight is 308 g/mol. The van der Waals surface area contributed by atoms with Crippen molar-refractivity contribution >= 4 is 17.8 Å². The summed E-state index contributed by atoms with van der Waals surface area (Å²) in [5.41, 5.74) is 0. The Kier molecular flexibility index (Phi) is 4.61. The first kappa shape index (κ1) is 15.3. The number of hydrogen-bond acceptors (Lipinski definition) is 4. The van der Waals surface area contributed by atoms with Gasteiger partial charge in [-0.3, -0.25) is 19.4 Å². The van der Waals surface area contributed by atoms with Crippen LogP contribution < -0.4 is 5.32 Å². The smallest absolute Gasteiger partial charge is 0.324 e. The Labute approximate surface area is 130 Å². The standard InChI is InChI=1S/C15H24N4O3/c20-13-5-3-8-18(13)10-12-4-1-2-7-17(12)11-14(21)19-9-6-16-15(19)22/h12H,1-11H2,(H,16,22). The van der Waals surface area contributed by atoms with Crippen LogP contribution >= 0.6 is 0 Å². The van der Waals surface area contributed by atoms with Crippen LogP contribution in [0.2, 0.25) is 0 Å². The van der Waals surface area contributed by atoms with Crippen LogP contribution in [0.15, 0.2) is 0 Å². The lowest BCUT2D eigenvalue weighted by Gasteiger charge is -2.37. The molecule has 0 saturated carbocycles. The van der Waals surface area contributed by atoms with E-state index in [0.29, 0.717) is 19.5 Å². The number of urea groups is 1. The third-order valence-corrected chi connectivity index (χ3v) is 4.85. The van der Waals surface area contributed by atoms with Gasteiger partial charge in [0.15, 0.2) is 0 Å². The molecule has 1 atom stereocenters. The second kappa shape index (κ2) is 6.64. The molecule has 0 aromatic heterocycles. The summed E-state index contributed by atoms with van der Waals surface area (Å²) in [7, 11) is 0. The Bertz CT molecular complexity index is 468. The summed E-state index contributed by atoms with van der Waals surface area (Å²) in [6.45, 7) is 3.70. The van der Waals surface area contributed by atoms with Crippen molar-refractivity contribution in [2.45, 2.75) is 38.1 Å². The second-order valence-corrected chi connectivity index (χ2v) is 6.34. The zero-order chi connectivity index (χ0) is 15.5. The monoisotopic (exact) mass is 308 g/mol. The first-order valence-corrected chi connectivity index (χ1v) is 8.25. The first-order chi connectivity index (χ1) is 10.6. The van der Waals surface area contributed by atoms with Gasteiger partial charge in [-0.05, 0) is 25.8 Å². The molecule has 1 N–H and O–H groups in total. The molecule has 3 aliphatic rings. The molecule has 22 heavy (non-hydrogen) atoms. The summed E-state index contributed by atoms with van der Waals surface area (Å²) in [6, 6.07) is -0.0429. The summed E-state index contributed by atoms with van der Waals surface area (Å²) >= 11 is 0. The molecule has 3 saturated heterocycles. The van der Waals surface area contributed by atoms with E-state index in [9.17, 15) is 14.4 Å². The van der Waals surface area contributed by atoms with E-state index in [0.717, 1.165) is 45.3 Å². The number of imide groups is 1. The van der Waals surface area contributed by atoms with Crippen molar-refractivity contribution in [3.05, 3.63) is 0 Å². The zero-order valence-electron chi connectivity index (χ0n) is 12.9. The number of nitrogens with one attached hydrogen (secondary N) is 1. The summed E-state index contributed by atoms with van der Waals surface area (Å²) in [5.74, 6) is 0.102. The number of nitrogens with zero attached hydrogens (tertiary/aromatic N) is 3. The Morgan fingerprint density at radius 2 is 2.00 bits per heavy atom. The average Bonchev–Trinajstić information content (AvgIpc) is 3.10. The third kappa shape index (κ3) is 3.24. The molecule has 122 valence electrons. The zero-order valence-corrected chi connectivity index (χ0v) is 12.9. The van der Waals surface area contributed by atoms with Crippen LogP contribution in [0, 0.1) is 0 Å². The maximum atomic E-state index is 12.3. The minimum Gasteiger partial charge on any atom is -0.341 e. The van der Waals surface area contributed by atoms with Crippen LogP contribution in [0.1, 0.15) is 32.1 Å². The van der Waals surface area contributed by atoms with Gasteiger partial charge in [-0.15, -0.1) is 0 Å². The highest BCUT2D eigenvalue weighted by molar-refractivity contribution is 5.96. The molecule has 3 fully saturated rings. The summed E-state index contributed by atoms with van der Waals surface area (Å²) in [5, 5.41) is 2.66. The highest BCUT2D eigenvalue weighted by atomic mass is 16.2. The van der Waals surface area contributed by atoms with Gasteiger partial charge < -0.3 is 10.2 Å². The van der Waals surface area contributed by atoms with E-state index in [1.807, 2.05) is 4.90 Å². The molecule has 0 spiro atoms. The fourth-order valence-corrected chi connectivity index (χ4v) is 3.60. The van der Waals surface area contributed by atoms with Crippen LogP contribution in [-0.4, -0.2) is 77.9 Å². The molecule has 0 aromatic carbocycles. The second-order valence-electron chi connectivity index (χ2n) is 6.34. The molecular formula is C15H24N4O3. The van der Waals surface area contributed by atoms with Crippen molar-refractivity contribution in [2.75, 3.05) is 39.3 Å². The largest absolute Gasteiger partial charge is 0.341 e. The minimum absolute atomic E-state index is 0.130. The lowest BCUT2D eigenvalue weighted by molar-refractivity contribution is -0.130. The third-order valence-electron chi connectivity index (χ3n) is 4.85. The lowest BCUT2D eigenvalue weighted by atomic mass is 10.0. The summed E-state index contributed by atoms with van der Waals surface area (Å²) in [4.78, 5) is 41.1. The van der Waals surface area contributed by atoms with Gasteiger partial charge in [0.1, 0.15) is 0 Å². The van der Waals surface area contributed by atoms with Gasteiger partial charge >= 0.3 is 6.03 Å². The molecule has 3 aliphatic heterocycles. The first-order valence-electron chi connectivity index (χ1n) is 8.25. The Morgan fingerprint density at radius 1 is 1.14 bits per heavy atom.